The summed E-state index contributed by atoms with van der Waals surface area (Å²) in [6.45, 7) is 5.24. The number of carbonyl (C=O) groups is 1. The third-order valence-corrected chi connectivity index (χ3v) is 1.97. The smallest absolute Gasteiger partial charge is 0.320 e. The molecule has 0 aliphatic rings. The van der Waals surface area contributed by atoms with Crippen molar-refractivity contribution in [2.75, 3.05) is 26.7 Å². The molecule has 0 radical (unpaired) electrons. The molecule has 86 valence electrons. The van der Waals surface area contributed by atoms with E-state index >= 15 is 0 Å². The van der Waals surface area contributed by atoms with Gasteiger partial charge in [-0.1, -0.05) is 13.3 Å². The van der Waals surface area contributed by atoms with Gasteiger partial charge in [-0.3, -0.25) is 9.69 Å². The number of likely N-dealkylation sites (N-methyl/N-ethyl adjacent to an activating group) is 1. The molecule has 0 saturated carbocycles. The Morgan fingerprint density at radius 2 is 2.27 bits per heavy atom. The fourth-order valence-corrected chi connectivity index (χ4v) is 1.17. The van der Waals surface area contributed by atoms with Crippen LogP contribution in [-0.2, 0) is 9.53 Å². The average Bonchev–Trinajstić information content (AvgIpc) is 2.17. The Labute approximate surface area is 91.8 Å². The van der Waals surface area contributed by atoms with E-state index in [-0.39, 0.29) is 18.4 Å². The van der Waals surface area contributed by atoms with E-state index < -0.39 is 0 Å². The lowest BCUT2D eigenvalue weighted by molar-refractivity contribution is -0.144. The number of rotatable bonds is 7. The van der Waals surface area contributed by atoms with Crippen LogP contribution in [0.4, 0.5) is 0 Å². The Bertz CT molecular complexity index is 223. The lowest BCUT2D eigenvalue weighted by Gasteiger charge is -2.16. The summed E-state index contributed by atoms with van der Waals surface area (Å²) >= 11 is 0. The van der Waals surface area contributed by atoms with Gasteiger partial charge >= 0.3 is 5.97 Å². The summed E-state index contributed by atoms with van der Waals surface area (Å²) in [6.07, 6.45) is 1.93. The molecular weight excluding hydrogens is 192 g/mol. The molecule has 1 atom stereocenters. The second-order valence-electron chi connectivity index (χ2n) is 3.80. The summed E-state index contributed by atoms with van der Waals surface area (Å²) in [7, 11) is 1.81. The molecule has 0 aliphatic carbocycles. The first-order valence-electron chi connectivity index (χ1n) is 5.34. The van der Waals surface area contributed by atoms with Gasteiger partial charge in [0.15, 0.2) is 0 Å². The lowest BCUT2D eigenvalue weighted by Crippen LogP contribution is -2.30. The van der Waals surface area contributed by atoms with Crippen LogP contribution in [0.15, 0.2) is 0 Å². The van der Waals surface area contributed by atoms with Gasteiger partial charge in [-0.25, -0.2) is 0 Å². The number of unbranched alkanes of at least 4 members (excludes halogenated alkanes) is 1. The normalized spacial score (nSPS) is 12.2. The van der Waals surface area contributed by atoms with Crippen LogP contribution in [0.25, 0.3) is 0 Å². The molecule has 0 aromatic heterocycles. The van der Waals surface area contributed by atoms with Crippen molar-refractivity contribution in [3.8, 4) is 6.07 Å². The molecule has 0 aliphatic heterocycles. The summed E-state index contributed by atoms with van der Waals surface area (Å²) in [4.78, 5) is 13.1. The summed E-state index contributed by atoms with van der Waals surface area (Å²) < 4.78 is 5.00. The molecule has 0 amide bonds. The predicted octanol–water partition coefficient (Wildman–Crippen LogP) is 1.42. The highest BCUT2D eigenvalue weighted by molar-refractivity contribution is 5.71. The first-order valence-corrected chi connectivity index (χ1v) is 5.34. The van der Waals surface area contributed by atoms with E-state index in [1.165, 1.54) is 0 Å². The van der Waals surface area contributed by atoms with Crippen molar-refractivity contribution in [2.24, 2.45) is 5.92 Å². The molecule has 0 heterocycles. The molecule has 15 heavy (non-hydrogen) atoms. The van der Waals surface area contributed by atoms with Gasteiger partial charge in [0, 0.05) is 6.54 Å². The van der Waals surface area contributed by atoms with Gasteiger partial charge in [-0.2, -0.15) is 5.26 Å². The van der Waals surface area contributed by atoms with Crippen molar-refractivity contribution < 1.29 is 9.53 Å². The zero-order valence-electron chi connectivity index (χ0n) is 9.82. The lowest BCUT2D eigenvalue weighted by atomic mass is 10.2. The molecule has 0 spiro atoms. The second-order valence-corrected chi connectivity index (χ2v) is 3.80. The summed E-state index contributed by atoms with van der Waals surface area (Å²) in [5, 5.41) is 8.60. The predicted molar refractivity (Wildman–Crippen MR) is 58.1 cm³/mol. The standard InChI is InChI=1S/C11H20N2O2/c1-4-5-6-15-11(14)9-13(3)8-10(2)7-12/h10H,4-6,8-9H2,1-3H3. The van der Waals surface area contributed by atoms with E-state index in [0.717, 1.165) is 12.8 Å². The largest absolute Gasteiger partial charge is 0.465 e. The summed E-state index contributed by atoms with van der Waals surface area (Å²) in [5.41, 5.74) is 0. The minimum Gasteiger partial charge on any atom is -0.465 e. The molecule has 0 saturated heterocycles. The van der Waals surface area contributed by atoms with Crippen LogP contribution in [0.2, 0.25) is 0 Å². The van der Waals surface area contributed by atoms with E-state index in [9.17, 15) is 4.79 Å². The van der Waals surface area contributed by atoms with Crippen LogP contribution >= 0.6 is 0 Å². The third-order valence-electron chi connectivity index (χ3n) is 1.97. The number of nitrogens with zero attached hydrogens (tertiary/aromatic N) is 2. The Balaban J connectivity index is 3.63. The number of carbonyl (C=O) groups excluding carboxylic acids is 1. The SMILES string of the molecule is CCCCOC(=O)CN(C)CC(C)C#N. The molecule has 0 aromatic carbocycles. The Morgan fingerprint density at radius 3 is 2.80 bits per heavy atom. The van der Waals surface area contributed by atoms with E-state index in [4.69, 9.17) is 10.00 Å². The number of hydrogen-bond donors (Lipinski definition) is 0. The molecule has 4 nitrogen and oxygen atoms in total. The highest BCUT2D eigenvalue weighted by Crippen LogP contribution is 1.96. The highest BCUT2D eigenvalue weighted by Gasteiger charge is 2.10. The van der Waals surface area contributed by atoms with Crippen molar-refractivity contribution in [2.45, 2.75) is 26.7 Å². The number of ether oxygens (including phenoxy) is 1. The number of hydrogen-bond acceptors (Lipinski definition) is 4. The third kappa shape index (κ3) is 7.95. The van der Waals surface area contributed by atoms with E-state index in [1.54, 1.807) is 0 Å². The zero-order valence-corrected chi connectivity index (χ0v) is 9.82. The molecular formula is C11H20N2O2. The molecule has 4 heteroatoms. The van der Waals surface area contributed by atoms with Gasteiger partial charge in [0.1, 0.15) is 0 Å². The maximum absolute atomic E-state index is 11.3. The fraction of sp³-hybridized carbons (Fsp3) is 0.818. The van der Waals surface area contributed by atoms with Gasteiger partial charge < -0.3 is 4.74 Å². The van der Waals surface area contributed by atoms with Crippen LogP contribution < -0.4 is 0 Å². The maximum atomic E-state index is 11.3. The summed E-state index contributed by atoms with van der Waals surface area (Å²) in [6, 6.07) is 2.13. The average molecular weight is 212 g/mol. The van der Waals surface area contributed by atoms with Crippen molar-refractivity contribution in [1.82, 2.24) is 4.90 Å². The van der Waals surface area contributed by atoms with Gasteiger partial charge in [0.2, 0.25) is 0 Å². The monoisotopic (exact) mass is 212 g/mol. The number of esters is 1. The zero-order chi connectivity index (χ0) is 11.7. The van der Waals surface area contributed by atoms with Crippen molar-refractivity contribution >= 4 is 5.97 Å². The summed E-state index contributed by atoms with van der Waals surface area (Å²) in [5.74, 6) is -0.269. The van der Waals surface area contributed by atoms with Crippen LogP contribution in [0.3, 0.4) is 0 Å². The van der Waals surface area contributed by atoms with Gasteiger partial charge in [0.05, 0.1) is 25.1 Å². The maximum Gasteiger partial charge on any atom is 0.320 e. The molecule has 0 aromatic rings. The molecule has 0 fully saturated rings. The minimum atomic E-state index is -0.212. The van der Waals surface area contributed by atoms with Gasteiger partial charge in [-0.15, -0.1) is 0 Å². The first kappa shape index (κ1) is 13.9. The van der Waals surface area contributed by atoms with E-state index in [0.29, 0.717) is 13.2 Å². The van der Waals surface area contributed by atoms with Crippen molar-refractivity contribution in [3.63, 3.8) is 0 Å². The van der Waals surface area contributed by atoms with Gasteiger partial charge in [-0.05, 0) is 20.4 Å². The van der Waals surface area contributed by atoms with E-state index in [2.05, 4.69) is 13.0 Å². The van der Waals surface area contributed by atoms with E-state index in [1.807, 2.05) is 18.9 Å². The Kier molecular flexibility index (Phi) is 7.65. The Morgan fingerprint density at radius 1 is 1.60 bits per heavy atom. The fourth-order valence-electron chi connectivity index (χ4n) is 1.17. The van der Waals surface area contributed by atoms with Crippen LogP contribution in [0.5, 0.6) is 0 Å². The van der Waals surface area contributed by atoms with Crippen LogP contribution in [0, 0.1) is 17.2 Å². The molecule has 0 rings (SSSR count). The second kappa shape index (κ2) is 8.25. The quantitative estimate of drug-likeness (QED) is 0.473. The molecule has 0 N–H and O–H groups in total. The first-order chi connectivity index (χ1) is 7.10. The highest BCUT2D eigenvalue weighted by atomic mass is 16.5. The number of nitriles is 1. The van der Waals surface area contributed by atoms with Crippen LogP contribution in [0.1, 0.15) is 26.7 Å². The Hall–Kier alpha value is -1.08. The topological polar surface area (TPSA) is 53.3 Å². The van der Waals surface area contributed by atoms with Crippen LogP contribution in [-0.4, -0.2) is 37.6 Å². The molecule has 0 bridgehead atoms. The molecule has 1 unspecified atom stereocenters. The van der Waals surface area contributed by atoms with Gasteiger partial charge in [0.25, 0.3) is 0 Å². The van der Waals surface area contributed by atoms with Crippen molar-refractivity contribution in [3.05, 3.63) is 0 Å². The minimum absolute atomic E-state index is 0.0570. The van der Waals surface area contributed by atoms with Crippen molar-refractivity contribution in [1.29, 1.82) is 5.26 Å².